The van der Waals surface area contributed by atoms with Crippen LogP contribution < -0.4 is 5.73 Å². The van der Waals surface area contributed by atoms with Gasteiger partial charge in [0, 0.05) is 20.1 Å². The first-order valence-corrected chi connectivity index (χ1v) is 5.23. The van der Waals surface area contributed by atoms with Crippen molar-refractivity contribution in [1.82, 2.24) is 4.90 Å². The zero-order valence-electron chi connectivity index (χ0n) is 9.68. The van der Waals surface area contributed by atoms with Gasteiger partial charge in [-0.25, -0.2) is 0 Å². The van der Waals surface area contributed by atoms with Gasteiger partial charge < -0.3 is 15.7 Å². The quantitative estimate of drug-likeness (QED) is 0.768. The van der Waals surface area contributed by atoms with Crippen molar-refractivity contribution in [2.75, 3.05) is 13.6 Å². The van der Waals surface area contributed by atoms with Crippen LogP contribution in [0.2, 0.25) is 0 Å². The minimum atomic E-state index is -1.10. The van der Waals surface area contributed by atoms with E-state index < -0.39 is 6.10 Å². The average molecular weight is 222 g/mol. The number of nitrogens with zero attached hydrogens (tertiary/aromatic N) is 1. The fourth-order valence-electron chi connectivity index (χ4n) is 1.52. The van der Waals surface area contributed by atoms with Crippen LogP contribution in [0.15, 0.2) is 24.3 Å². The maximum atomic E-state index is 11.6. The van der Waals surface area contributed by atoms with Crippen LogP contribution in [0.3, 0.4) is 0 Å². The Bertz CT molecular complexity index is 366. The Morgan fingerprint density at radius 1 is 1.56 bits per heavy atom. The summed E-state index contributed by atoms with van der Waals surface area (Å²) in [5.74, 6) is -0.344. The molecule has 0 aliphatic carbocycles. The monoisotopic (exact) mass is 222 g/mol. The number of carbonyl (C=O) groups excluding carboxylic acids is 1. The predicted octanol–water partition coefficient (Wildman–Crippen LogP) is 0.273. The Balaban J connectivity index is 2.64. The lowest BCUT2D eigenvalue weighted by atomic mass is 10.1. The van der Waals surface area contributed by atoms with Crippen molar-refractivity contribution in [2.45, 2.75) is 19.6 Å². The lowest BCUT2D eigenvalue weighted by Crippen LogP contribution is -2.40. The maximum absolute atomic E-state index is 11.6. The number of aryl methyl sites for hydroxylation is 1. The highest BCUT2D eigenvalue weighted by Gasteiger charge is 2.17. The van der Waals surface area contributed by atoms with E-state index in [1.54, 1.807) is 7.05 Å². The highest BCUT2D eigenvalue weighted by molar-refractivity contribution is 5.80. The molecule has 0 radical (unpaired) electrons. The zero-order chi connectivity index (χ0) is 12.1. The maximum Gasteiger partial charge on any atom is 0.252 e. The van der Waals surface area contributed by atoms with E-state index in [1.165, 1.54) is 4.90 Å². The molecule has 1 rings (SSSR count). The van der Waals surface area contributed by atoms with E-state index in [4.69, 9.17) is 5.73 Å². The van der Waals surface area contributed by atoms with Gasteiger partial charge in [0.1, 0.15) is 6.10 Å². The number of benzene rings is 1. The second-order valence-electron chi connectivity index (χ2n) is 3.93. The molecule has 1 amide bonds. The molecule has 1 aromatic carbocycles. The number of aliphatic hydroxyl groups is 1. The lowest BCUT2D eigenvalue weighted by Gasteiger charge is -2.20. The van der Waals surface area contributed by atoms with Crippen LogP contribution >= 0.6 is 0 Å². The van der Waals surface area contributed by atoms with E-state index >= 15 is 0 Å². The number of rotatable bonds is 4. The third-order valence-corrected chi connectivity index (χ3v) is 2.39. The van der Waals surface area contributed by atoms with E-state index in [0.717, 1.165) is 11.1 Å². The van der Waals surface area contributed by atoms with Crippen LogP contribution in [0.4, 0.5) is 0 Å². The zero-order valence-corrected chi connectivity index (χ0v) is 9.68. The molecule has 4 heteroatoms. The Labute approximate surface area is 95.7 Å². The van der Waals surface area contributed by atoms with Crippen molar-refractivity contribution in [3.63, 3.8) is 0 Å². The molecule has 3 N–H and O–H groups in total. The molecule has 88 valence electrons. The molecule has 0 heterocycles. The minimum Gasteiger partial charge on any atom is -0.382 e. The first-order valence-electron chi connectivity index (χ1n) is 5.23. The molecule has 1 atom stereocenters. The summed E-state index contributed by atoms with van der Waals surface area (Å²) in [6.45, 7) is 2.44. The summed E-state index contributed by atoms with van der Waals surface area (Å²) in [4.78, 5) is 13.0. The summed E-state index contributed by atoms with van der Waals surface area (Å²) < 4.78 is 0. The second kappa shape index (κ2) is 5.63. The van der Waals surface area contributed by atoms with Crippen molar-refractivity contribution >= 4 is 5.91 Å². The largest absolute Gasteiger partial charge is 0.382 e. The molecule has 0 saturated carbocycles. The first kappa shape index (κ1) is 12.7. The number of nitrogens with two attached hydrogens (primary N) is 1. The van der Waals surface area contributed by atoms with E-state index in [1.807, 2.05) is 31.2 Å². The van der Waals surface area contributed by atoms with Gasteiger partial charge >= 0.3 is 0 Å². The lowest BCUT2D eigenvalue weighted by molar-refractivity contribution is -0.138. The summed E-state index contributed by atoms with van der Waals surface area (Å²) in [6.07, 6.45) is -1.10. The molecule has 1 aromatic rings. The molecule has 0 fully saturated rings. The molecular formula is C12H18N2O2. The van der Waals surface area contributed by atoms with Crippen molar-refractivity contribution in [1.29, 1.82) is 0 Å². The molecule has 0 bridgehead atoms. The highest BCUT2D eigenvalue weighted by atomic mass is 16.3. The van der Waals surface area contributed by atoms with Crippen LogP contribution in [-0.4, -0.2) is 35.6 Å². The molecule has 0 aliphatic heterocycles. The van der Waals surface area contributed by atoms with Crippen molar-refractivity contribution in [3.8, 4) is 0 Å². The molecule has 1 unspecified atom stereocenters. The smallest absolute Gasteiger partial charge is 0.252 e. The van der Waals surface area contributed by atoms with Crippen molar-refractivity contribution < 1.29 is 9.90 Å². The number of carbonyl (C=O) groups is 1. The highest BCUT2D eigenvalue weighted by Crippen LogP contribution is 2.07. The van der Waals surface area contributed by atoms with E-state index in [9.17, 15) is 9.90 Å². The first-order chi connectivity index (χ1) is 7.54. The van der Waals surface area contributed by atoms with Gasteiger partial charge in [-0.05, 0) is 12.5 Å². The van der Waals surface area contributed by atoms with Crippen LogP contribution in [0.5, 0.6) is 0 Å². The Morgan fingerprint density at radius 2 is 2.25 bits per heavy atom. The SMILES string of the molecule is Cc1cccc(CN(C)C(=O)C(O)CN)c1. The summed E-state index contributed by atoms with van der Waals surface area (Å²) in [7, 11) is 1.66. The van der Waals surface area contributed by atoms with Gasteiger partial charge in [-0.2, -0.15) is 0 Å². The topological polar surface area (TPSA) is 66.6 Å². The molecule has 0 aliphatic rings. The van der Waals surface area contributed by atoms with Gasteiger partial charge in [0.2, 0.25) is 0 Å². The van der Waals surface area contributed by atoms with Gasteiger partial charge in [-0.1, -0.05) is 29.8 Å². The van der Waals surface area contributed by atoms with E-state index in [2.05, 4.69) is 0 Å². The van der Waals surface area contributed by atoms with E-state index in [0.29, 0.717) is 6.54 Å². The fourth-order valence-corrected chi connectivity index (χ4v) is 1.52. The van der Waals surface area contributed by atoms with Crippen molar-refractivity contribution in [2.24, 2.45) is 5.73 Å². The molecule has 4 nitrogen and oxygen atoms in total. The number of hydrogen-bond donors (Lipinski definition) is 2. The molecule has 0 aromatic heterocycles. The Kier molecular flexibility index (Phi) is 4.46. The molecule has 0 saturated heterocycles. The van der Waals surface area contributed by atoms with Crippen LogP contribution in [0.25, 0.3) is 0 Å². The van der Waals surface area contributed by atoms with Crippen molar-refractivity contribution in [3.05, 3.63) is 35.4 Å². The second-order valence-corrected chi connectivity index (χ2v) is 3.93. The summed E-state index contributed by atoms with van der Waals surface area (Å²) in [5.41, 5.74) is 7.42. The van der Waals surface area contributed by atoms with Gasteiger partial charge in [0.25, 0.3) is 5.91 Å². The van der Waals surface area contributed by atoms with E-state index in [-0.39, 0.29) is 12.5 Å². The Morgan fingerprint density at radius 3 is 2.81 bits per heavy atom. The number of likely N-dealkylation sites (N-methyl/N-ethyl adjacent to an activating group) is 1. The minimum absolute atomic E-state index is 0.0447. The third kappa shape index (κ3) is 3.32. The van der Waals surface area contributed by atoms with Gasteiger partial charge in [-0.15, -0.1) is 0 Å². The predicted molar refractivity (Wildman–Crippen MR) is 62.7 cm³/mol. The van der Waals surface area contributed by atoms with Crippen LogP contribution in [0, 0.1) is 6.92 Å². The number of amides is 1. The summed E-state index contributed by atoms with van der Waals surface area (Å²) in [6, 6.07) is 7.91. The fraction of sp³-hybridized carbons (Fsp3) is 0.417. The van der Waals surface area contributed by atoms with Crippen LogP contribution in [0.1, 0.15) is 11.1 Å². The number of aliphatic hydroxyl groups excluding tert-OH is 1. The normalized spacial score (nSPS) is 12.2. The average Bonchev–Trinajstić information content (AvgIpc) is 2.27. The van der Waals surface area contributed by atoms with Gasteiger partial charge in [0.05, 0.1) is 0 Å². The molecular weight excluding hydrogens is 204 g/mol. The molecule has 0 spiro atoms. The third-order valence-electron chi connectivity index (χ3n) is 2.39. The molecule has 16 heavy (non-hydrogen) atoms. The van der Waals surface area contributed by atoms with Crippen LogP contribution in [-0.2, 0) is 11.3 Å². The number of hydrogen-bond acceptors (Lipinski definition) is 3. The standard InChI is InChI=1S/C12H18N2O2/c1-9-4-3-5-10(6-9)8-14(2)12(16)11(15)7-13/h3-6,11,15H,7-8,13H2,1-2H3. The summed E-state index contributed by atoms with van der Waals surface area (Å²) in [5, 5.41) is 9.31. The van der Waals surface area contributed by atoms with Gasteiger partial charge in [0.15, 0.2) is 0 Å². The summed E-state index contributed by atoms with van der Waals surface area (Å²) >= 11 is 0. The van der Waals surface area contributed by atoms with Gasteiger partial charge in [-0.3, -0.25) is 4.79 Å². The Hall–Kier alpha value is -1.39.